The molecule has 5 nitrogen and oxygen atoms in total. The molecule has 0 atom stereocenters. The molecule has 0 aromatic heterocycles. The maximum absolute atomic E-state index is 10.9. The van der Waals surface area contributed by atoms with E-state index in [9.17, 15) is 8.42 Å². The van der Waals surface area contributed by atoms with Crippen molar-refractivity contribution in [3.05, 3.63) is 30.3 Å². The van der Waals surface area contributed by atoms with Crippen LogP contribution >= 0.6 is 12.2 Å². The molecule has 3 N–H and O–H groups in total. The summed E-state index contributed by atoms with van der Waals surface area (Å²) in [4.78, 5) is 0. The Morgan fingerprint density at radius 2 is 1.87 bits per heavy atom. The molecule has 0 amide bonds. The summed E-state index contributed by atoms with van der Waals surface area (Å²) in [6.07, 6.45) is 0. The molecule has 15 heavy (non-hydrogen) atoms. The van der Waals surface area contributed by atoms with Gasteiger partial charge in [0.1, 0.15) is 0 Å². The van der Waals surface area contributed by atoms with Gasteiger partial charge in [-0.05, 0) is 24.4 Å². The Morgan fingerprint density at radius 1 is 1.40 bits per heavy atom. The zero-order valence-electron chi connectivity index (χ0n) is 8.99. The van der Waals surface area contributed by atoms with Gasteiger partial charge in [0.25, 0.3) is 0 Å². The molecule has 0 bridgehead atoms. The first-order valence-electron chi connectivity index (χ1n) is 3.55. The van der Waals surface area contributed by atoms with Gasteiger partial charge >= 0.3 is 39.9 Å². The minimum Gasteiger partial charge on any atom is -1.00 e. The molecular weight excluding hydrogens is 247 g/mol. The van der Waals surface area contributed by atoms with Crippen molar-refractivity contribution in [3.8, 4) is 0 Å². The topological polar surface area (TPSA) is 83.6 Å². The van der Waals surface area contributed by atoms with Gasteiger partial charge in [0.2, 0.25) is 0 Å². The number of thiocarbonyl (C=S) groups is 1. The fraction of sp³-hybridized carbons (Fsp3) is 0. The first kappa shape index (κ1) is 14.8. The molecule has 0 spiro atoms. The summed E-state index contributed by atoms with van der Waals surface area (Å²) in [5, 5.41) is -0.432. The largest absolute Gasteiger partial charge is 1.00 e. The van der Waals surface area contributed by atoms with Crippen LogP contribution in [-0.2, 0) is 10.3 Å². The standard InChI is InChI=1S/C7H8N2O3S2.Na.H/c8-7(13)9(14(10,11)12)6-4-2-1-3-5-6;;/h1-5H,(H2,8,13)(H,10,11,12);;/q;+1;-1. The maximum Gasteiger partial charge on any atom is 1.00 e. The molecule has 0 aliphatic rings. The number of hydrogen-bond acceptors (Lipinski definition) is 3. The zero-order valence-corrected chi connectivity index (χ0v) is 11.6. The Labute approximate surface area is 117 Å². The fourth-order valence-corrected chi connectivity index (χ4v) is 1.94. The summed E-state index contributed by atoms with van der Waals surface area (Å²) < 4.78 is 31.1. The van der Waals surface area contributed by atoms with Crippen LogP contribution in [0.25, 0.3) is 0 Å². The van der Waals surface area contributed by atoms with Crippen molar-refractivity contribution in [2.45, 2.75) is 0 Å². The molecule has 8 heteroatoms. The Morgan fingerprint density at radius 3 is 2.20 bits per heavy atom. The van der Waals surface area contributed by atoms with Crippen LogP contribution in [0.1, 0.15) is 1.43 Å². The van der Waals surface area contributed by atoms with E-state index < -0.39 is 15.4 Å². The van der Waals surface area contributed by atoms with Gasteiger partial charge in [0.15, 0.2) is 5.11 Å². The number of para-hydroxylation sites is 1. The third-order valence-electron chi connectivity index (χ3n) is 1.42. The molecule has 1 rings (SSSR count). The molecule has 0 aliphatic carbocycles. The van der Waals surface area contributed by atoms with Gasteiger partial charge in [-0.25, -0.2) is 0 Å². The van der Waals surface area contributed by atoms with E-state index in [1.54, 1.807) is 18.2 Å². The summed E-state index contributed by atoms with van der Waals surface area (Å²) in [6, 6.07) is 7.84. The SMILES string of the molecule is NC(=S)N(c1ccccc1)S(=O)(=O)O.[H-].[Na+]. The van der Waals surface area contributed by atoms with Crippen molar-refractivity contribution in [3.63, 3.8) is 0 Å². The molecule has 0 saturated carbocycles. The minimum atomic E-state index is -4.45. The molecule has 0 heterocycles. The minimum absolute atomic E-state index is 0. The zero-order chi connectivity index (χ0) is 10.8. The van der Waals surface area contributed by atoms with Gasteiger partial charge in [-0.2, -0.15) is 12.7 Å². The van der Waals surface area contributed by atoms with E-state index in [0.29, 0.717) is 4.31 Å². The van der Waals surface area contributed by atoms with E-state index in [2.05, 4.69) is 12.2 Å². The summed E-state index contributed by atoms with van der Waals surface area (Å²) in [5.41, 5.74) is 5.37. The Kier molecular flexibility index (Phi) is 5.71. The number of hydrogen-bond donors (Lipinski definition) is 2. The molecule has 0 fully saturated rings. The Hall–Kier alpha value is -0.180. The Bertz CT molecular complexity index is 440. The third-order valence-corrected chi connectivity index (χ3v) is 2.59. The molecule has 1 aromatic carbocycles. The monoisotopic (exact) mass is 256 g/mol. The molecule has 1 aromatic rings. The second kappa shape index (κ2) is 5.78. The van der Waals surface area contributed by atoms with Gasteiger partial charge in [0.05, 0.1) is 5.69 Å². The number of nitrogens with two attached hydrogens (primary N) is 1. The van der Waals surface area contributed by atoms with Crippen LogP contribution < -0.4 is 39.6 Å². The summed E-state index contributed by atoms with van der Waals surface area (Å²) in [5.74, 6) is 0. The molecule has 0 saturated heterocycles. The van der Waals surface area contributed by atoms with E-state index in [1.165, 1.54) is 12.1 Å². The number of rotatable bonds is 2. The number of benzene rings is 1. The van der Waals surface area contributed by atoms with Crippen molar-refractivity contribution in [1.82, 2.24) is 0 Å². The predicted octanol–water partition coefficient (Wildman–Crippen LogP) is -2.34. The third kappa shape index (κ3) is 4.06. The van der Waals surface area contributed by atoms with Crippen LogP contribution in [0, 0.1) is 0 Å². The molecule has 0 unspecified atom stereocenters. The molecule has 78 valence electrons. The van der Waals surface area contributed by atoms with Crippen LogP contribution in [0.3, 0.4) is 0 Å². The van der Waals surface area contributed by atoms with E-state index in [-0.39, 0.29) is 36.7 Å². The van der Waals surface area contributed by atoms with E-state index >= 15 is 0 Å². The van der Waals surface area contributed by atoms with Crippen molar-refractivity contribution >= 4 is 33.3 Å². The van der Waals surface area contributed by atoms with Crippen LogP contribution in [-0.4, -0.2) is 18.1 Å². The first-order chi connectivity index (χ1) is 6.43. The molecule has 0 aliphatic heterocycles. The Balaban J connectivity index is 0. The summed E-state index contributed by atoms with van der Waals surface area (Å²) in [7, 11) is -4.45. The summed E-state index contributed by atoms with van der Waals surface area (Å²) >= 11 is 4.51. The van der Waals surface area contributed by atoms with Crippen molar-refractivity contribution in [1.29, 1.82) is 0 Å². The maximum atomic E-state index is 10.9. The van der Waals surface area contributed by atoms with Gasteiger partial charge in [-0.1, -0.05) is 18.2 Å². The normalized spacial score (nSPS) is 10.2. The fourth-order valence-electron chi connectivity index (χ4n) is 0.938. The number of nitrogens with zero attached hydrogens (tertiary/aromatic N) is 1. The van der Waals surface area contributed by atoms with Gasteiger partial charge in [0, 0.05) is 0 Å². The van der Waals surface area contributed by atoms with Gasteiger partial charge < -0.3 is 7.16 Å². The van der Waals surface area contributed by atoms with Crippen LogP contribution in [0.4, 0.5) is 5.69 Å². The predicted molar refractivity (Wildman–Crippen MR) is 58.4 cm³/mol. The van der Waals surface area contributed by atoms with Crippen LogP contribution in [0.5, 0.6) is 0 Å². The first-order valence-corrected chi connectivity index (χ1v) is 5.35. The molecule has 0 radical (unpaired) electrons. The summed E-state index contributed by atoms with van der Waals surface area (Å²) in [6.45, 7) is 0. The van der Waals surface area contributed by atoms with Crippen LogP contribution in [0.15, 0.2) is 30.3 Å². The average molecular weight is 256 g/mol. The van der Waals surface area contributed by atoms with Crippen molar-refractivity contribution in [2.75, 3.05) is 4.31 Å². The van der Waals surface area contributed by atoms with Crippen molar-refractivity contribution < 1.29 is 44.0 Å². The van der Waals surface area contributed by atoms with Crippen LogP contribution in [0.2, 0.25) is 0 Å². The number of anilines is 1. The van der Waals surface area contributed by atoms with E-state index in [0.717, 1.165) is 0 Å². The second-order valence-corrected chi connectivity index (χ2v) is 4.10. The average Bonchev–Trinajstić information content (AvgIpc) is 2.02. The smallest absolute Gasteiger partial charge is 1.00 e. The molecular formula is C7H9N2NaO3S2. The van der Waals surface area contributed by atoms with Gasteiger partial charge in [-0.3, -0.25) is 4.55 Å². The quantitative estimate of drug-likeness (QED) is 0.352. The van der Waals surface area contributed by atoms with E-state index in [4.69, 9.17) is 10.3 Å². The van der Waals surface area contributed by atoms with Gasteiger partial charge in [-0.15, -0.1) is 0 Å². The second-order valence-electron chi connectivity index (χ2n) is 2.42. The van der Waals surface area contributed by atoms with Crippen molar-refractivity contribution in [2.24, 2.45) is 5.73 Å². The van der Waals surface area contributed by atoms with E-state index in [1.807, 2.05) is 0 Å².